The molecular formula is C22H24N4O4. The lowest BCUT2D eigenvalue weighted by Crippen LogP contribution is -2.42. The van der Waals surface area contributed by atoms with Crippen LogP contribution in [0.1, 0.15) is 34.9 Å². The summed E-state index contributed by atoms with van der Waals surface area (Å²) in [5.41, 5.74) is 1.93. The summed E-state index contributed by atoms with van der Waals surface area (Å²) in [5, 5.41) is 7.59. The molecule has 3 aromatic rings. The topological polar surface area (TPSA) is 87.5 Å². The van der Waals surface area contributed by atoms with Crippen molar-refractivity contribution in [3.05, 3.63) is 71.3 Å². The zero-order valence-corrected chi connectivity index (χ0v) is 17.2. The van der Waals surface area contributed by atoms with Crippen LogP contribution in [0.3, 0.4) is 0 Å². The van der Waals surface area contributed by atoms with Gasteiger partial charge in [-0.25, -0.2) is 9.67 Å². The number of rotatable bonds is 6. The van der Waals surface area contributed by atoms with Crippen molar-refractivity contribution in [2.24, 2.45) is 0 Å². The van der Waals surface area contributed by atoms with Crippen molar-refractivity contribution in [1.82, 2.24) is 20.1 Å². The molecule has 8 nitrogen and oxygen atoms in total. The Labute approximate surface area is 174 Å². The SMILES string of the molecule is COc1ccc([C@H]2NC(=O)CO[C@@H]2c2nc(C)nn2Cc2ccccc2)cc1OC. The van der Waals surface area contributed by atoms with Gasteiger partial charge in [-0.05, 0) is 30.2 Å². The maximum Gasteiger partial charge on any atom is 0.246 e. The van der Waals surface area contributed by atoms with E-state index in [2.05, 4.69) is 15.4 Å². The summed E-state index contributed by atoms with van der Waals surface area (Å²) in [6, 6.07) is 15.1. The van der Waals surface area contributed by atoms with E-state index in [1.807, 2.05) is 60.1 Å². The molecule has 1 N–H and O–H groups in total. The van der Waals surface area contributed by atoms with Crippen molar-refractivity contribution >= 4 is 5.91 Å². The van der Waals surface area contributed by atoms with E-state index in [-0.39, 0.29) is 12.5 Å². The van der Waals surface area contributed by atoms with Gasteiger partial charge in [0.2, 0.25) is 5.91 Å². The molecule has 0 aliphatic carbocycles. The Morgan fingerprint density at radius 3 is 2.63 bits per heavy atom. The van der Waals surface area contributed by atoms with Crippen molar-refractivity contribution in [3.63, 3.8) is 0 Å². The van der Waals surface area contributed by atoms with Gasteiger partial charge in [0, 0.05) is 0 Å². The third-order valence-electron chi connectivity index (χ3n) is 5.02. The summed E-state index contributed by atoms with van der Waals surface area (Å²) in [5.74, 6) is 2.32. The molecule has 0 spiro atoms. The van der Waals surface area contributed by atoms with Crippen molar-refractivity contribution in [1.29, 1.82) is 0 Å². The van der Waals surface area contributed by atoms with Gasteiger partial charge in [-0.3, -0.25) is 4.79 Å². The van der Waals surface area contributed by atoms with Crippen LogP contribution < -0.4 is 14.8 Å². The number of hydrogen-bond donors (Lipinski definition) is 1. The van der Waals surface area contributed by atoms with Gasteiger partial charge in [0.25, 0.3) is 0 Å². The highest BCUT2D eigenvalue weighted by Crippen LogP contribution is 2.37. The van der Waals surface area contributed by atoms with E-state index in [9.17, 15) is 4.79 Å². The number of aryl methyl sites for hydroxylation is 1. The molecule has 0 unspecified atom stereocenters. The van der Waals surface area contributed by atoms with Crippen LogP contribution in [0.5, 0.6) is 11.5 Å². The molecule has 1 saturated heterocycles. The Morgan fingerprint density at radius 2 is 1.90 bits per heavy atom. The number of hydrogen-bond acceptors (Lipinski definition) is 6. The lowest BCUT2D eigenvalue weighted by atomic mass is 9.98. The van der Waals surface area contributed by atoms with E-state index in [0.717, 1.165) is 11.1 Å². The van der Waals surface area contributed by atoms with Gasteiger partial charge < -0.3 is 19.5 Å². The standard InChI is InChI=1S/C22H24N4O4/c1-14-23-22(26(25-14)12-15-7-5-4-6-8-15)21-20(24-19(27)13-30-21)16-9-10-17(28-2)18(11-16)29-3/h4-11,20-21H,12-13H2,1-3H3,(H,24,27)/t20-,21+/m1/s1. The number of amides is 1. The van der Waals surface area contributed by atoms with E-state index >= 15 is 0 Å². The van der Waals surface area contributed by atoms with Gasteiger partial charge in [0.1, 0.15) is 18.5 Å². The quantitative estimate of drug-likeness (QED) is 0.675. The first-order chi connectivity index (χ1) is 14.6. The predicted octanol–water partition coefficient (Wildman–Crippen LogP) is 2.58. The zero-order valence-electron chi connectivity index (χ0n) is 17.2. The van der Waals surface area contributed by atoms with Gasteiger partial charge in [0.05, 0.1) is 26.8 Å². The average Bonchev–Trinajstić information content (AvgIpc) is 3.13. The Kier molecular flexibility index (Phi) is 5.67. The summed E-state index contributed by atoms with van der Waals surface area (Å²) in [4.78, 5) is 16.8. The number of carbonyl (C=O) groups is 1. The third-order valence-corrected chi connectivity index (χ3v) is 5.02. The average molecular weight is 408 g/mol. The minimum absolute atomic E-state index is 0.0360. The normalized spacial score (nSPS) is 18.7. The fraction of sp³-hybridized carbons (Fsp3) is 0.318. The molecular weight excluding hydrogens is 384 g/mol. The molecule has 0 radical (unpaired) electrons. The molecule has 30 heavy (non-hydrogen) atoms. The van der Waals surface area contributed by atoms with E-state index in [4.69, 9.17) is 14.2 Å². The Hall–Kier alpha value is -3.39. The second-order valence-corrected chi connectivity index (χ2v) is 7.05. The van der Waals surface area contributed by atoms with Gasteiger partial charge in [-0.1, -0.05) is 36.4 Å². The Bertz CT molecular complexity index is 1030. The molecule has 0 bridgehead atoms. The first-order valence-electron chi connectivity index (χ1n) is 9.67. The highest BCUT2D eigenvalue weighted by Gasteiger charge is 2.36. The maximum atomic E-state index is 12.1. The van der Waals surface area contributed by atoms with Crippen LogP contribution in [0.2, 0.25) is 0 Å². The highest BCUT2D eigenvalue weighted by molar-refractivity contribution is 5.78. The maximum absolute atomic E-state index is 12.1. The van der Waals surface area contributed by atoms with Crippen LogP contribution in [-0.4, -0.2) is 41.5 Å². The second-order valence-electron chi connectivity index (χ2n) is 7.05. The lowest BCUT2D eigenvalue weighted by Gasteiger charge is -2.32. The van der Waals surface area contributed by atoms with Crippen molar-refractivity contribution < 1.29 is 19.0 Å². The van der Waals surface area contributed by atoms with Crippen LogP contribution in [0.4, 0.5) is 0 Å². The van der Waals surface area contributed by atoms with Crippen LogP contribution in [0, 0.1) is 6.92 Å². The highest BCUT2D eigenvalue weighted by atomic mass is 16.5. The van der Waals surface area contributed by atoms with Gasteiger partial charge in [0.15, 0.2) is 17.3 Å². The summed E-state index contributed by atoms with van der Waals surface area (Å²) < 4.78 is 18.6. The largest absolute Gasteiger partial charge is 0.493 e. The molecule has 1 aliphatic rings. The third kappa shape index (κ3) is 3.99. The van der Waals surface area contributed by atoms with Crippen LogP contribution in [0.15, 0.2) is 48.5 Å². The van der Waals surface area contributed by atoms with Crippen molar-refractivity contribution in [2.75, 3.05) is 20.8 Å². The number of nitrogens with one attached hydrogen (secondary N) is 1. The molecule has 8 heteroatoms. The minimum Gasteiger partial charge on any atom is -0.493 e. The van der Waals surface area contributed by atoms with Crippen LogP contribution >= 0.6 is 0 Å². The van der Waals surface area contributed by atoms with Crippen LogP contribution in [0.25, 0.3) is 0 Å². The Morgan fingerprint density at radius 1 is 1.13 bits per heavy atom. The Balaban J connectivity index is 1.71. The van der Waals surface area contributed by atoms with Crippen molar-refractivity contribution in [2.45, 2.75) is 25.6 Å². The molecule has 4 rings (SSSR count). The summed E-state index contributed by atoms with van der Waals surface area (Å²) in [6.07, 6.45) is -0.495. The molecule has 1 amide bonds. The minimum atomic E-state index is -0.495. The van der Waals surface area contributed by atoms with Gasteiger partial charge in [-0.2, -0.15) is 5.10 Å². The lowest BCUT2D eigenvalue weighted by molar-refractivity contribution is -0.138. The fourth-order valence-electron chi connectivity index (χ4n) is 3.64. The summed E-state index contributed by atoms with van der Waals surface area (Å²) in [7, 11) is 3.16. The van der Waals surface area contributed by atoms with Crippen molar-refractivity contribution in [3.8, 4) is 11.5 Å². The number of ether oxygens (including phenoxy) is 3. The summed E-state index contributed by atoms with van der Waals surface area (Å²) >= 11 is 0. The first kappa shape index (κ1) is 19.9. The molecule has 2 heterocycles. The number of aromatic nitrogens is 3. The predicted molar refractivity (Wildman–Crippen MR) is 109 cm³/mol. The van der Waals surface area contributed by atoms with E-state index in [0.29, 0.717) is 29.7 Å². The molecule has 0 saturated carbocycles. The molecule has 1 aromatic heterocycles. The molecule has 2 aromatic carbocycles. The smallest absolute Gasteiger partial charge is 0.246 e. The zero-order chi connectivity index (χ0) is 21.1. The molecule has 2 atom stereocenters. The second kappa shape index (κ2) is 8.54. The monoisotopic (exact) mass is 408 g/mol. The number of methoxy groups -OCH3 is 2. The fourth-order valence-corrected chi connectivity index (χ4v) is 3.64. The number of benzene rings is 2. The first-order valence-corrected chi connectivity index (χ1v) is 9.67. The number of nitrogens with zero attached hydrogens (tertiary/aromatic N) is 3. The number of carbonyl (C=O) groups excluding carboxylic acids is 1. The van der Waals surface area contributed by atoms with E-state index in [1.165, 1.54) is 0 Å². The molecule has 156 valence electrons. The van der Waals surface area contributed by atoms with E-state index < -0.39 is 12.1 Å². The molecule has 1 aliphatic heterocycles. The molecule has 1 fully saturated rings. The van der Waals surface area contributed by atoms with Gasteiger partial charge in [-0.15, -0.1) is 0 Å². The van der Waals surface area contributed by atoms with E-state index in [1.54, 1.807) is 14.2 Å². The number of morpholine rings is 1. The van der Waals surface area contributed by atoms with Gasteiger partial charge >= 0.3 is 0 Å². The summed E-state index contributed by atoms with van der Waals surface area (Å²) in [6.45, 7) is 2.37. The van der Waals surface area contributed by atoms with Crippen LogP contribution in [-0.2, 0) is 16.1 Å².